The summed E-state index contributed by atoms with van der Waals surface area (Å²) in [6.07, 6.45) is 3.49. The van der Waals surface area contributed by atoms with Crippen molar-refractivity contribution in [3.05, 3.63) is 34.3 Å². The molecule has 0 saturated heterocycles. The SMILES string of the molecule is CCc1nc(Br)c2ccc(C=O)cn12. The molecule has 0 aliphatic rings. The molecule has 14 heavy (non-hydrogen) atoms. The summed E-state index contributed by atoms with van der Waals surface area (Å²) in [5, 5.41) is 0. The number of carbonyl (C=O) groups is 1. The third-order valence-electron chi connectivity index (χ3n) is 2.14. The van der Waals surface area contributed by atoms with Gasteiger partial charge in [-0.2, -0.15) is 0 Å². The van der Waals surface area contributed by atoms with E-state index in [9.17, 15) is 4.79 Å². The lowest BCUT2D eigenvalue weighted by molar-refractivity contribution is 0.112. The summed E-state index contributed by atoms with van der Waals surface area (Å²) >= 11 is 3.38. The van der Waals surface area contributed by atoms with E-state index in [1.807, 2.05) is 17.4 Å². The number of aryl methyl sites for hydroxylation is 1. The summed E-state index contributed by atoms with van der Waals surface area (Å²) < 4.78 is 2.76. The lowest BCUT2D eigenvalue weighted by Crippen LogP contribution is -1.93. The van der Waals surface area contributed by atoms with Gasteiger partial charge in [-0.1, -0.05) is 6.92 Å². The zero-order chi connectivity index (χ0) is 10.1. The molecule has 2 heterocycles. The van der Waals surface area contributed by atoms with Crippen LogP contribution >= 0.6 is 15.9 Å². The molecule has 0 saturated carbocycles. The summed E-state index contributed by atoms with van der Waals surface area (Å²) in [6.45, 7) is 2.04. The van der Waals surface area contributed by atoms with Crippen molar-refractivity contribution in [2.45, 2.75) is 13.3 Å². The molecule has 0 aromatic carbocycles. The van der Waals surface area contributed by atoms with Crippen LogP contribution in [0.3, 0.4) is 0 Å². The molecular formula is C10H9BrN2O. The van der Waals surface area contributed by atoms with E-state index >= 15 is 0 Å². The first kappa shape index (κ1) is 9.40. The molecular weight excluding hydrogens is 244 g/mol. The molecule has 0 amide bonds. The highest BCUT2D eigenvalue weighted by Gasteiger charge is 2.07. The van der Waals surface area contributed by atoms with Crippen molar-refractivity contribution in [3.63, 3.8) is 0 Å². The second-order valence-corrected chi connectivity index (χ2v) is 3.76. The monoisotopic (exact) mass is 252 g/mol. The Hall–Kier alpha value is -1.16. The summed E-state index contributed by atoms with van der Waals surface area (Å²) in [6, 6.07) is 3.67. The lowest BCUT2D eigenvalue weighted by atomic mass is 10.3. The topological polar surface area (TPSA) is 34.4 Å². The number of halogens is 1. The summed E-state index contributed by atoms with van der Waals surface area (Å²) in [7, 11) is 0. The Morgan fingerprint density at radius 2 is 2.36 bits per heavy atom. The highest BCUT2D eigenvalue weighted by Crippen LogP contribution is 2.19. The number of nitrogens with zero attached hydrogens (tertiary/aromatic N) is 2. The van der Waals surface area contributed by atoms with Gasteiger partial charge in [0.05, 0.1) is 5.52 Å². The number of aldehydes is 1. The molecule has 2 rings (SSSR count). The van der Waals surface area contributed by atoms with Crippen LogP contribution in [0.5, 0.6) is 0 Å². The van der Waals surface area contributed by atoms with Gasteiger partial charge < -0.3 is 4.40 Å². The normalized spacial score (nSPS) is 10.7. The van der Waals surface area contributed by atoms with E-state index in [2.05, 4.69) is 20.9 Å². The van der Waals surface area contributed by atoms with Gasteiger partial charge in [0.2, 0.25) is 0 Å². The highest BCUT2D eigenvalue weighted by atomic mass is 79.9. The molecule has 0 bridgehead atoms. The van der Waals surface area contributed by atoms with E-state index < -0.39 is 0 Å². The first-order chi connectivity index (χ1) is 6.76. The maximum Gasteiger partial charge on any atom is 0.151 e. The number of hydrogen-bond acceptors (Lipinski definition) is 2. The Labute approximate surface area is 89.9 Å². The van der Waals surface area contributed by atoms with Crippen LogP contribution < -0.4 is 0 Å². The Morgan fingerprint density at radius 3 is 3.00 bits per heavy atom. The third kappa shape index (κ3) is 1.35. The Morgan fingerprint density at radius 1 is 1.57 bits per heavy atom. The molecule has 0 unspecified atom stereocenters. The molecule has 0 fully saturated rings. The molecule has 2 aromatic rings. The fraction of sp³-hybridized carbons (Fsp3) is 0.200. The molecule has 0 radical (unpaired) electrons. The molecule has 0 aliphatic carbocycles. The number of aromatic nitrogens is 2. The number of imidazole rings is 1. The highest BCUT2D eigenvalue weighted by molar-refractivity contribution is 9.10. The van der Waals surface area contributed by atoms with Gasteiger partial charge in [0, 0.05) is 18.2 Å². The molecule has 3 nitrogen and oxygen atoms in total. The first-order valence-electron chi connectivity index (χ1n) is 4.38. The fourth-order valence-electron chi connectivity index (χ4n) is 1.44. The Bertz CT molecular complexity index is 490. The van der Waals surface area contributed by atoms with Crippen molar-refractivity contribution in [2.75, 3.05) is 0 Å². The van der Waals surface area contributed by atoms with E-state index in [-0.39, 0.29) is 0 Å². The Kier molecular flexibility index (Phi) is 2.37. The molecule has 4 heteroatoms. The van der Waals surface area contributed by atoms with Crippen LogP contribution in [0.25, 0.3) is 5.52 Å². The van der Waals surface area contributed by atoms with Crippen molar-refractivity contribution in [1.29, 1.82) is 0 Å². The predicted octanol–water partition coefficient (Wildman–Crippen LogP) is 2.47. The smallest absolute Gasteiger partial charge is 0.151 e. The molecule has 0 atom stereocenters. The van der Waals surface area contributed by atoms with Crippen LogP contribution in [-0.2, 0) is 6.42 Å². The quantitative estimate of drug-likeness (QED) is 0.770. The zero-order valence-electron chi connectivity index (χ0n) is 7.70. The van der Waals surface area contributed by atoms with Gasteiger partial charge in [0.25, 0.3) is 0 Å². The number of rotatable bonds is 2. The standard InChI is InChI=1S/C10H9BrN2O/c1-2-9-12-10(11)8-4-3-7(6-14)5-13(8)9/h3-6H,2H2,1H3. The first-order valence-corrected chi connectivity index (χ1v) is 5.17. The minimum Gasteiger partial charge on any atom is -0.302 e. The van der Waals surface area contributed by atoms with Crippen LogP contribution in [0.1, 0.15) is 23.1 Å². The summed E-state index contributed by atoms with van der Waals surface area (Å²) in [5.41, 5.74) is 1.66. The van der Waals surface area contributed by atoms with E-state index in [0.29, 0.717) is 5.56 Å². The van der Waals surface area contributed by atoms with Crippen LogP contribution in [0.4, 0.5) is 0 Å². The molecule has 0 N–H and O–H groups in total. The largest absolute Gasteiger partial charge is 0.302 e. The van der Waals surface area contributed by atoms with Crippen LogP contribution in [0.15, 0.2) is 22.9 Å². The Balaban J connectivity index is 2.77. The average molecular weight is 253 g/mol. The third-order valence-corrected chi connectivity index (χ3v) is 2.72. The van der Waals surface area contributed by atoms with Crippen LogP contribution in [-0.4, -0.2) is 15.7 Å². The number of pyridine rings is 1. The summed E-state index contributed by atoms with van der Waals surface area (Å²) in [4.78, 5) is 15.0. The van der Waals surface area contributed by atoms with E-state index in [0.717, 1.165) is 28.7 Å². The zero-order valence-corrected chi connectivity index (χ0v) is 9.28. The molecule has 72 valence electrons. The fourth-order valence-corrected chi connectivity index (χ4v) is 1.97. The average Bonchev–Trinajstić information content (AvgIpc) is 2.55. The van der Waals surface area contributed by atoms with Gasteiger partial charge >= 0.3 is 0 Å². The van der Waals surface area contributed by atoms with Gasteiger partial charge in [0.15, 0.2) is 6.29 Å². The van der Waals surface area contributed by atoms with Gasteiger partial charge in [0.1, 0.15) is 10.4 Å². The van der Waals surface area contributed by atoms with Gasteiger partial charge in [-0.25, -0.2) is 4.98 Å². The molecule has 0 spiro atoms. The van der Waals surface area contributed by atoms with Crippen molar-refractivity contribution >= 4 is 27.7 Å². The number of fused-ring (bicyclic) bond motifs is 1. The van der Waals surface area contributed by atoms with Crippen molar-refractivity contribution in [3.8, 4) is 0 Å². The molecule has 2 aromatic heterocycles. The second kappa shape index (κ2) is 3.53. The predicted molar refractivity (Wildman–Crippen MR) is 57.7 cm³/mol. The minimum absolute atomic E-state index is 0.664. The van der Waals surface area contributed by atoms with E-state index in [1.54, 1.807) is 12.3 Å². The number of carbonyl (C=O) groups excluding carboxylic acids is 1. The van der Waals surface area contributed by atoms with Crippen LogP contribution in [0, 0.1) is 0 Å². The van der Waals surface area contributed by atoms with E-state index in [1.165, 1.54) is 0 Å². The maximum atomic E-state index is 10.6. The molecule has 0 aliphatic heterocycles. The lowest BCUT2D eigenvalue weighted by Gasteiger charge is -1.98. The van der Waals surface area contributed by atoms with Crippen LogP contribution in [0.2, 0.25) is 0 Å². The van der Waals surface area contributed by atoms with Crippen molar-refractivity contribution in [2.24, 2.45) is 0 Å². The van der Waals surface area contributed by atoms with Crippen molar-refractivity contribution < 1.29 is 4.79 Å². The summed E-state index contributed by atoms with van der Waals surface area (Å²) in [5.74, 6) is 0.954. The van der Waals surface area contributed by atoms with Crippen molar-refractivity contribution in [1.82, 2.24) is 9.38 Å². The van der Waals surface area contributed by atoms with Gasteiger partial charge in [-0.15, -0.1) is 0 Å². The minimum atomic E-state index is 0.664. The maximum absolute atomic E-state index is 10.6. The van der Waals surface area contributed by atoms with Gasteiger partial charge in [-0.3, -0.25) is 4.79 Å². The van der Waals surface area contributed by atoms with Gasteiger partial charge in [-0.05, 0) is 28.1 Å². The van der Waals surface area contributed by atoms with E-state index in [4.69, 9.17) is 0 Å². The second-order valence-electron chi connectivity index (χ2n) is 3.01. The number of hydrogen-bond donors (Lipinski definition) is 0.